The van der Waals surface area contributed by atoms with Gasteiger partial charge in [0.15, 0.2) is 11.5 Å². The molecule has 2 aromatic rings. The molecule has 1 aliphatic rings. The van der Waals surface area contributed by atoms with Crippen LogP contribution in [-0.4, -0.2) is 29.8 Å². The van der Waals surface area contributed by atoms with Gasteiger partial charge in [-0.1, -0.05) is 38.2 Å². The van der Waals surface area contributed by atoms with Crippen molar-refractivity contribution in [2.45, 2.75) is 32.3 Å². The summed E-state index contributed by atoms with van der Waals surface area (Å²) in [5.41, 5.74) is 3.40. The number of ether oxygens (including phenoxy) is 2. The maximum atomic E-state index is 12.3. The summed E-state index contributed by atoms with van der Waals surface area (Å²) in [5, 5.41) is 14.5. The van der Waals surface area contributed by atoms with Gasteiger partial charge in [0.25, 0.3) is 5.91 Å². The fraction of sp³-hybridized carbons (Fsp3) is 0.333. The molecule has 27 heavy (non-hydrogen) atoms. The highest BCUT2D eigenvalue weighted by molar-refractivity contribution is 7.16. The zero-order valence-electron chi connectivity index (χ0n) is 15.1. The summed E-state index contributed by atoms with van der Waals surface area (Å²) in [6.07, 6.45) is 0.521. The summed E-state index contributed by atoms with van der Waals surface area (Å²) >= 11 is 0.967. The predicted molar refractivity (Wildman–Crippen MR) is 102 cm³/mol. The van der Waals surface area contributed by atoms with Crippen LogP contribution in [0.2, 0.25) is 0 Å². The molecule has 0 radical (unpaired) electrons. The van der Waals surface area contributed by atoms with Crippen LogP contribution in [0.3, 0.4) is 0 Å². The first-order valence-electron chi connectivity index (χ1n) is 8.25. The summed E-state index contributed by atoms with van der Waals surface area (Å²) in [6, 6.07) is 8.64. The van der Waals surface area contributed by atoms with Gasteiger partial charge >= 0.3 is 5.00 Å². The van der Waals surface area contributed by atoms with Crippen molar-refractivity contribution in [1.29, 1.82) is 0 Å². The average Bonchev–Trinajstić information content (AvgIpc) is 3.09. The van der Waals surface area contributed by atoms with Crippen molar-refractivity contribution in [3.8, 4) is 11.5 Å². The van der Waals surface area contributed by atoms with Gasteiger partial charge in [-0.15, -0.1) is 0 Å². The van der Waals surface area contributed by atoms with E-state index in [0.29, 0.717) is 16.4 Å². The van der Waals surface area contributed by atoms with E-state index in [1.165, 1.54) is 12.3 Å². The van der Waals surface area contributed by atoms with Gasteiger partial charge in [-0.2, -0.15) is 5.10 Å². The van der Waals surface area contributed by atoms with Crippen molar-refractivity contribution in [3.05, 3.63) is 50.9 Å². The molecule has 0 bridgehead atoms. The van der Waals surface area contributed by atoms with Crippen LogP contribution in [-0.2, 0) is 10.2 Å². The Hall–Kier alpha value is -2.94. The van der Waals surface area contributed by atoms with E-state index < -0.39 is 16.9 Å². The maximum absolute atomic E-state index is 12.3. The summed E-state index contributed by atoms with van der Waals surface area (Å²) in [4.78, 5) is 23.0. The molecule has 8 nitrogen and oxygen atoms in total. The molecule has 1 N–H and O–H groups in total. The van der Waals surface area contributed by atoms with Crippen LogP contribution in [0.5, 0.6) is 11.5 Å². The van der Waals surface area contributed by atoms with Crippen LogP contribution in [0.15, 0.2) is 35.4 Å². The van der Waals surface area contributed by atoms with Crippen molar-refractivity contribution in [2.75, 3.05) is 6.61 Å². The topological polar surface area (TPSA) is 103 Å². The largest absolute Gasteiger partial charge is 0.485 e. The lowest BCUT2D eigenvalue weighted by Gasteiger charge is -2.27. The lowest BCUT2D eigenvalue weighted by atomic mass is 9.87. The van der Waals surface area contributed by atoms with Crippen molar-refractivity contribution < 1.29 is 19.2 Å². The number of thiophene rings is 1. The quantitative estimate of drug-likeness (QED) is 0.491. The molecule has 0 saturated carbocycles. The lowest BCUT2D eigenvalue weighted by molar-refractivity contribution is -0.380. The number of rotatable bonds is 4. The number of hydrazone groups is 1. The molecule has 9 heteroatoms. The van der Waals surface area contributed by atoms with Crippen molar-refractivity contribution in [3.63, 3.8) is 0 Å². The summed E-state index contributed by atoms with van der Waals surface area (Å²) < 4.78 is 11.4. The number of carbonyl (C=O) groups is 1. The summed E-state index contributed by atoms with van der Waals surface area (Å²) in [5.74, 6) is 0.664. The second-order valence-corrected chi connectivity index (χ2v) is 8.09. The highest BCUT2D eigenvalue weighted by Crippen LogP contribution is 2.36. The smallest absolute Gasteiger partial charge is 0.324 e. The van der Waals surface area contributed by atoms with E-state index >= 15 is 0 Å². The highest BCUT2D eigenvalue weighted by atomic mass is 32.1. The van der Waals surface area contributed by atoms with Crippen LogP contribution < -0.4 is 14.9 Å². The minimum atomic E-state index is -0.831. The molecule has 1 unspecified atom stereocenters. The third kappa shape index (κ3) is 4.43. The third-order valence-electron chi connectivity index (χ3n) is 3.92. The van der Waals surface area contributed by atoms with Crippen molar-refractivity contribution in [2.24, 2.45) is 5.10 Å². The van der Waals surface area contributed by atoms with Gasteiger partial charge in [-0.25, -0.2) is 5.43 Å². The third-order valence-corrected chi connectivity index (χ3v) is 4.89. The molecule has 142 valence electrons. The van der Waals surface area contributed by atoms with E-state index in [1.807, 2.05) is 18.2 Å². The number of hydrogen-bond acceptors (Lipinski definition) is 7. The zero-order valence-corrected chi connectivity index (χ0v) is 15.9. The zero-order chi connectivity index (χ0) is 19.6. The number of fused-ring (bicyclic) bond motifs is 1. The molecule has 1 atom stereocenters. The predicted octanol–water partition coefficient (Wildman–Crippen LogP) is 3.24. The number of amides is 1. The molecular weight excluding hydrogens is 370 g/mol. The number of benzene rings is 1. The fourth-order valence-electron chi connectivity index (χ4n) is 2.41. The SMILES string of the molecule is CC(C)(C)c1ccc2c(c1)OC(C(=O)NN=Cc1ccc([N+](=O)[O-])s1)CO2. The maximum Gasteiger partial charge on any atom is 0.324 e. The van der Waals surface area contributed by atoms with Crippen LogP contribution >= 0.6 is 11.3 Å². The van der Waals surface area contributed by atoms with Gasteiger partial charge < -0.3 is 9.47 Å². The van der Waals surface area contributed by atoms with Crippen molar-refractivity contribution in [1.82, 2.24) is 5.43 Å². The Morgan fingerprint density at radius 3 is 2.78 bits per heavy atom. The second-order valence-electron chi connectivity index (χ2n) is 7.00. The van der Waals surface area contributed by atoms with E-state index in [0.717, 1.165) is 16.9 Å². The van der Waals surface area contributed by atoms with Gasteiger partial charge in [0.1, 0.15) is 6.61 Å². The molecule has 0 saturated heterocycles. The second kappa shape index (κ2) is 7.36. The van der Waals surface area contributed by atoms with E-state index in [2.05, 4.69) is 31.3 Å². The number of hydrogen-bond donors (Lipinski definition) is 1. The minimum Gasteiger partial charge on any atom is -0.485 e. The number of nitrogens with one attached hydrogen (secondary N) is 1. The van der Waals surface area contributed by atoms with Gasteiger partial charge in [0.2, 0.25) is 6.10 Å². The monoisotopic (exact) mass is 389 g/mol. The normalized spacial score (nSPS) is 16.3. The van der Waals surface area contributed by atoms with Crippen molar-refractivity contribution >= 4 is 28.5 Å². The number of nitrogens with zero attached hydrogens (tertiary/aromatic N) is 2. The number of nitro groups is 1. The molecule has 1 aromatic carbocycles. The first kappa shape index (κ1) is 18.8. The van der Waals surface area contributed by atoms with E-state index in [1.54, 1.807) is 6.07 Å². The highest BCUT2D eigenvalue weighted by Gasteiger charge is 2.28. The lowest BCUT2D eigenvalue weighted by Crippen LogP contribution is -2.42. The van der Waals surface area contributed by atoms with E-state index in [-0.39, 0.29) is 17.0 Å². The van der Waals surface area contributed by atoms with Crippen LogP contribution in [0.1, 0.15) is 31.2 Å². The molecule has 3 rings (SSSR count). The molecule has 1 aliphatic heterocycles. The molecule has 1 amide bonds. The van der Waals surface area contributed by atoms with Gasteiger partial charge in [0.05, 0.1) is 16.0 Å². The minimum absolute atomic E-state index is 0.0121. The summed E-state index contributed by atoms with van der Waals surface area (Å²) in [6.45, 7) is 6.35. The van der Waals surface area contributed by atoms with Gasteiger partial charge in [-0.3, -0.25) is 14.9 Å². The standard InChI is InChI=1S/C18H19N3O5S/c1-18(2,3)11-4-6-13-14(8-11)26-15(10-25-13)17(22)20-19-9-12-5-7-16(27-12)21(23)24/h4-9,15H,10H2,1-3H3,(H,20,22). The van der Waals surface area contributed by atoms with Crippen LogP contribution in [0, 0.1) is 10.1 Å². The molecule has 1 aromatic heterocycles. The Kier molecular flexibility index (Phi) is 5.13. The molecule has 2 heterocycles. The Morgan fingerprint density at radius 2 is 2.11 bits per heavy atom. The fourth-order valence-corrected chi connectivity index (χ4v) is 3.10. The summed E-state index contributed by atoms with van der Waals surface area (Å²) in [7, 11) is 0. The van der Waals surface area contributed by atoms with Crippen LogP contribution in [0.25, 0.3) is 0 Å². The Labute approximate surface area is 159 Å². The Morgan fingerprint density at radius 1 is 1.33 bits per heavy atom. The number of carbonyl (C=O) groups excluding carboxylic acids is 1. The molecular formula is C18H19N3O5S. The average molecular weight is 389 g/mol. The Bertz CT molecular complexity index is 901. The van der Waals surface area contributed by atoms with Crippen LogP contribution in [0.4, 0.5) is 5.00 Å². The van der Waals surface area contributed by atoms with E-state index in [9.17, 15) is 14.9 Å². The first-order chi connectivity index (χ1) is 12.7. The first-order valence-corrected chi connectivity index (χ1v) is 9.07. The van der Waals surface area contributed by atoms with Gasteiger partial charge in [0, 0.05) is 6.07 Å². The Balaban J connectivity index is 1.63. The molecule has 0 spiro atoms. The molecule has 0 aliphatic carbocycles. The van der Waals surface area contributed by atoms with E-state index in [4.69, 9.17) is 9.47 Å². The molecule has 0 fully saturated rings. The van der Waals surface area contributed by atoms with Gasteiger partial charge in [-0.05, 0) is 29.2 Å².